The van der Waals surface area contributed by atoms with E-state index in [1.165, 1.54) is 32.4 Å². The van der Waals surface area contributed by atoms with Gasteiger partial charge in [0.15, 0.2) is 0 Å². The molecule has 1 fully saturated rings. The quantitative estimate of drug-likeness (QED) is 0.742. The maximum Gasteiger partial charge on any atom is 0.0216 e. The van der Waals surface area contributed by atoms with Gasteiger partial charge in [0.05, 0.1) is 0 Å². The molecule has 0 radical (unpaired) electrons. The number of hydrogen-bond donors (Lipinski definition) is 1. The number of rotatable bonds is 4. The van der Waals surface area contributed by atoms with E-state index in [0.717, 1.165) is 0 Å². The van der Waals surface area contributed by atoms with E-state index in [1.54, 1.807) is 0 Å². The van der Waals surface area contributed by atoms with Crippen molar-refractivity contribution in [2.75, 3.05) is 20.1 Å². The molecule has 0 amide bonds. The topological polar surface area (TPSA) is 15.3 Å². The molecule has 1 atom stereocenters. The van der Waals surface area contributed by atoms with Gasteiger partial charge in [-0.3, -0.25) is 0 Å². The maximum absolute atomic E-state index is 3.76. The molecule has 1 aliphatic heterocycles. The second-order valence-corrected chi connectivity index (χ2v) is 6.35. The zero-order chi connectivity index (χ0) is 12.4. The van der Waals surface area contributed by atoms with Gasteiger partial charge in [0.25, 0.3) is 0 Å². The highest BCUT2D eigenvalue weighted by Gasteiger charge is 2.48. The summed E-state index contributed by atoms with van der Waals surface area (Å²) >= 11 is 0. The van der Waals surface area contributed by atoms with Crippen molar-refractivity contribution >= 4 is 0 Å². The van der Waals surface area contributed by atoms with Crippen LogP contribution in [-0.2, 0) is 0 Å². The summed E-state index contributed by atoms with van der Waals surface area (Å²) < 4.78 is 0. The van der Waals surface area contributed by atoms with E-state index in [9.17, 15) is 0 Å². The minimum atomic E-state index is 0.273. The van der Waals surface area contributed by atoms with Crippen LogP contribution in [0.3, 0.4) is 0 Å². The van der Waals surface area contributed by atoms with E-state index in [-0.39, 0.29) is 5.54 Å². The molecule has 0 bridgehead atoms. The minimum absolute atomic E-state index is 0.273. The number of nitrogens with one attached hydrogen (secondary N) is 1. The fourth-order valence-corrected chi connectivity index (χ4v) is 2.69. The van der Waals surface area contributed by atoms with Crippen LogP contribution in [0.1, 0.15) is 53.9 Å². The maximum atomic E-state index is 3.76. The van der Waals surface area contributed by atoms with Gasteiger partial charge in [0, 0.05) is 11.6 Å². The van der Waals surface area contributed by atoms with Gasteiger partial charge in [-0.15, -0.1) is 0 Å². The average Bonchev–Trinajstić information content (AvgIpc) is 2.20. The summed E-state index contributed by atoms with van der Waals surface area (Å²) in [6, 6.07) is 0.658. The van der Waals surface area contributed by atoms with Crippen molar-refractivity contribution in [2.45, 2.75) is 65.5 Å². The van der Waals surface area contributed by atoms with Gasteiger partial charge >= 0.3 is 0 Å². The van der Waals surface area contributed by atoms with Crippen LogP contribution in [-0.4, -0.2) is 36.6 Å². The molecule has 2 nitrogen and oxygen atoms in total. The van der Waals surface area contributed by atoms with Crippen LogP contribution in [0.4, 0.5) is 0 Å². The third-order valence-corrected chi connectivity index (χ3v) is 5.08. The molecule has 0 aliphatic carbocycles. The standard InChI is InChI=1S/C14H30N2/c1-7-8-10-15-12-9-11-16(6)14(4,5)13(12,2)3/h12,15H,7-11H2,1-6H3. The van der Waals surface area contributed by atoms with Crippen molar-refractivity contribution < 1.29 is 0 Å². The first-order valence-corrected chi connectivity index (χ1v) is 6.78. The Morgan fingerprint density at radius 1 is 1.25 bits per heavy atom. The fourth-order valence-electron chi connectivity index (χ4n) is 2.69. The number of nitrogens with zero attached hydrogens (tertiary/aromatic N) is 1. The molecule has 0 aromatic heterocycles. The highest BCUT2D eigenvalue weighted by molar-refractivity contribution is 5.04. The molecule has 2 heteroatoms. The highest BCUT2D eigenvalue weighted by Crippen LogP contribution is 2.42. The van der Waals surface area contributed by atoms with Crippen molar-refractivity contribution in [2.24, 2.45) is 5.41 Å². The van der Waals surface area contributed by atoms with Gasteiger partial charge in [-0.25, -0.2) is 0 Å². The molecule has 1 rings (SSSR count). The van der Waals surface area contributed by atoms with Crippen molar-refractivity contribution in [3.8, 4) is 0 Å². The molecule has 1 unspecified atom stereocenters. The zero-order valence-corrected chi connectivity index (χ0v) is 12.1. The molecule has 1 N–H and O–H groups in total. The summed E-state index contributed by atoms with van der Waals surface area (Å²) in [6.07, 6.45) is 3.85. The summed E-state index contributed by atoms with van der Waals surface area (Å²) in [7, 11) is 2.25. The highest BCUT2D eigenvalue weighted by atomic mass is 15.2. The molecule has 0 saturated carbocycles. The number of unbranched alkanes of at least 4 members (excludes halogenated alkanes) is 1. The van der Waals surface area contributed by atoms with Gasteiger partial charge in [0.2, 0.25) is 0 Å². The van der Waals surface area contributed by atoms with E-state index in [0.29, 0.717) is 11.5 Å². The Kier molecular flexibility index (Phi) is 4.42. The Morgan fingerprint density at radius 2 is 1.88 bits per heavy atom. The molecule has 1 aliphatic rings. The Balaban J connectivity index is 2.66. The van der Waals surface area contributed by atoms with Crippen molar-refractivity contribution in [3.63, 3.8) is 0 Å². The SMILES string of the molecule is CCCCNC1CCN(C)C(C)(C)C1(C)C. The monoisotopic (exact) mass is 226 g/mol. The Hall–Kier alpha value is -0.0800. The Bertz CT molecular complexity index is 221. The number of piperidine rings is 1. The third kappa shape index (κ3) is 2.43. The molecular formula is C14H30N2. The van der Waals surface area contributed by atoms with Crippen LogP contribution in [0.5, 0.6) is 0 Å². The van der Waals surface area contributed by atoms with Gasteiger partial charge < -0.3 is 10.2 Å². The molecule has 0 spiro atoms. The lowest BCUT2D eigenvalue weighted by atomic mass is 9.65. The van der Waals surface area contributed by atoms with Crippen molar-refractivity contribution in [1.29, 1.82) is 0 Å². The van der Waals surface area contributed by atoms with Gasteiger partial charge in [-0.2, -0.15) is 0 Å². The second-order valence-electron chi connectivity index (χ2n) is 6.35. The van der Waals surface area contributed by atoms with Gasteiger partial charge in [-0.05, 0) is 52.2 Å². The van der Waals surface area contributed by atoms with E-state index < -0.39 is 0 Å². The normalized spacial score (nSPS) is 29.2. The molecule has 1 heterocycles. The lowest BCUT2D eigenvalue weighted by Crippen LogP contribution is -2.65. The third-order valence-electron chi connectivity index (χ3n) is 5.08. The number of hydrogen-bond acceptors (Lipinski definition) is 2. The van der Waals surface area contributed by atoms with Crippen LogP contribution in [0.2, 0.25) is 0 Å². The molecule has 1 saturated heterocycles. The Morgan fingerprint density at radius 3 is 2.44 bits per heavy atom. The minimum Gasteiger partial charge on any atom is -0.313 e. The van der Waals surface area contributed by atoms with Crippen LogP contribution >= 0.6 is 0 Å². The lowest BCUT2D eigenvalue weighted by molar-refractivity contribution is -0.0382. The van der Waals surface area contributed by atoms with Crippen molar-refractivity contribution in [3.05, 3.63) is 0 Å². The molecule has 0 aromatic carbocycles. The van der Waals surface area contributed by atoms with Gasteiger partial charge in [-0.1, -0.05) is 27.2 Å². The Labute approximate surface area is 102 Å². The summed E-state index contributed by atoms with van der Waals surface area (Å²) in [5.41, 5.74) is 0.600. The molecule has 16 heavy (non-hydrogen) atoms. The van der Waals surface area contributed by atoms with Crippen LogP contribution in [0, 0.1) is 5.41 Å². The smallest absolute Gasteiger partial charge is 0.0216 e. The van der Waals surface area contributed by atoms with Crippen LogP contribution < -0.4 is 5.32 Å². The first-order valence-electron chi connectivity index (χ1n) is 6.78. The van der Waals surface area contributed by atoms with E-state index in [4.69, 9.17) is 0 Å². The lowest BCUT2D eigenvalue weighted by Gasteiger charge is -2.56. The number of likely N-dealkylation sites (tertiary alicyclic amines) is 1. The largest absolute Gasteiger partial charge is 0.313 e. The van der Waals surface area contributed by atoms with Crippen LogP contribution in [0.15, 0.2) is 0 Å². The average molecular weight is 226 g/mol. The summed E-state index contributed by atoms with van der Waals surface area (Å²) in [4.78, 5) is 2.50. The van der Waals surface area contributed by atoms with E-state index in [1.807, 2.05) is 0 Å². The zero-order valence-electron chi connectivity index (χ0n) is 12.1. The summed E-state index contributed by atoms with van der Waals surface area (Å²) in [6.45, 7) is 14.2. The summed E-state index contributed by atoms with van der Waals surface area (Å²) in [5, 5.41) is 3.76. The second kappa shape index (κ2) is 5.05. The van der Waals surface area contributed by atoms with Crippen molar-refractivity contribution in [1.82, 2.24) is 10.2 Å². The van der Waals surface area contributed by atoms with E-state index in [2.05, 4.69) is 51.9 Å². The van der Waals surface area contributed by atoms with Gasteiger partial charge in [0.1, 0.15) is 0 Å². The predicted molar refractivity (Wildman–Crippen MR) is 71.8 cm³/mol. The van der Waals surface area contributed by atoms with E-state index >= 15 is 0 Å². The first kappa shape index (κ1) is 14.0. The fraction of sp³-hybridized carbons (Fsp3) is 1.00. The van der Waals surface area contributed by atoms with Crippen LogP contribution in [0.25, 0.3) is 0 Å². The first-order chi connectivity index (χ1) is 7.34. The molecule has 96 valence electrons. The molecular weight excluding hydrogens is 196 g/mol. The molecule has 0 aromatic rings. The summed E-state index contributed by atoms with van der Waals surface area (Å²) in [5.74, 6) is 0. The predicted octanol–water partition coefficient (Wildman–Crippen LogP) is 2.89.